The van der Waals surface area contributed by atoms with Crippen LogP contribution in [-0.4, -0.2) is 47.7 Å². The molecule has 5 rings (SSSR count). The molecule has 0 N–H and O–H groups in total. The van der Waals surface area contributed by atoms with E-state index in [0.29, 0.717) is 34.8 Å². The van der Waals surface area contributed by atoms with Crippen LogP contribution in [0, 0.1) is 0 Å². The summed E-state index contributed by atoms with van der Waals surface area (Å²) in [5.74, 6) is 1.26. The average molecular weight is 431 g/mol. The fourth-order valence-corrected chi connectivity index (χ4v) is 4.81. The van der Waals surface area contributed by atoms with Gasteiger partial charge >= 0.3 is 0 Å². The summed E-state index contributed by atoms with van der Waals surface area (Å²) in [5, 5.41) is 1.25. The Balaban J connectivity index is 1.18. The molecule has 6 nitrogen and oxygen atoms in total. The van der Waals surface area contributed by atoms with E-state index in [0.717, 1.165) is 23.1 Å². The monoisotopic (exact) mass is 430 g/mol. The topological polar surface area (TPSA) is 60.9 Å². The Morgan fingerprint density at radius 1 is 1.14 bits per heavy atom. The van der Waals surface area contributed by atoms with E-state index in [1.165, 1.54) is 11.3 Å². The van der Waals surface area contributed by atoms with Crippen molar-refractivity contribution in [1.82, 2.24) is 9.88 Å². The summed E-state index contributed by atoms with van der Waals surface area (Å²) < 4.78 is 18.6. The van der Waals surface area contributed by atoms with Gasteiger partial charge in [0.25, 0.3) is 11.1 Å². The summed E-state index contributed by atoms with van der Waals surface area (Å²) in [4.78, 5) is 19.2. The van der Waals surface area contributed by atoms with E-state index in [9.17, 15) is 4.79 Å². The summed E-state index contributed by atoms with van der Waals surface area (Å²) in [6.07, 6.45) is 0.926. The third-order valence-corrected chi connectivity index (χ3v) is 6.37. The summed E-state index contributed by atoms with van der Waals surface area (Å²) in [5.41, 5.74) is 0.775. The second-order valence-electron chi connectivity index (χ2n) is 7.07. The van der Waals surface area contributed by atoms with Gasteiger partial charge < -0.3 is 19.1 Å². The molecule has 1 aromatic heterocycles. The van der Waals surface area contributed by atoms with Gasteiger partial charge in [0.15, 0.2) is 11.5 Å². The van der Waals surface area contributed by atoms with Crippen molar-refractivity contribution in [1.29, 1.82) is 0 Å². The minimum atomic E-state index is -0.603. The number of carbonyl (C=O) groups excluding carboxylic acids is 1. The number of fused-ring (bicyclic) bond motifs is 2. The normalized spacial score (nSPS) is 19.3. The standard InChI is InChI=1S/C21H19ClN2O4S/c22-14-4-3-7-18-19(14)23-21(29-18)27-13-8-10-24(11-9-13)20(25)17-12-26-15-5-1-2-6-16(15)28-17/h1-7,13,17H,8-12H2. The number of carbonyl (C=O) groups is 1. The van der Waals surface area contributed by atoms with Crippen molar-refractivity contribution in [3.8, 4) is 16.7 Å². The summed E-state index contributed by atoms with van der Waals surface area (Å²) in [6.45, 7) is 1.48. The first-order chi connectivity index (χ1) is 14.2. The van der Waals surface area contributed by atoms with Gasteiger partial charge in [0.1, 0.15) is 18.2 Å². The van der Waals surface area contributed by atoms with Crippen LogP contribution >= 0.6 is 22.9 Å². The molecule has 0 spiro atoms. The fourth-order valence-electron chi connectivity index (χ4n) is 3.63. The molecule has 0 saturated carbocycles. The molecule has 1 fully saturated rings. The lowest BCUT2D eigenvalue weighted by Crippen LogP contribution is -2.50. The largest absolute Gasteiger partial charge is 0.485 e. The zero-order valence-corrected chi connectivity index (χ0v) is 17.1. The molecule has 1 saturated heterocycles. The number of hydrogen-bond acceptors (Lipinski definition) is 6. The van der Waals surface area contributed by atoms with E-state index in [1.54, 1.807) is 0 Å². The molecule has 0 bridgehead atoms. The maximum absolute atomic E-state index is 12.8. The molecule has 2 aliphatic heterocycles. The van der Waals surface area contributed by atoms with Crippen LogP contribution in [0.5, 0.6) is 16.7 Å². The van der Waals surface area contributed by atoms with Crippen molar-refractivity contribution in [2.24, 2.45) is 0 Å². The first-order valence-corrected chi connectivity index (χ1v) is 10.8. The van der Waals surface area contributed by atoms with Gasteiger partial charge in [-0.25, -0.2) is 4.98 Å². The minimum Gasteiger partial charge on any atom is -0.485 e. The van der Waals surface area contributed by atoms with E-state index in [1.807, 2.05) is 47.4 Å². The van der Waals surface area contributed by atoms with E-state index < -0.39 is 6.10 Å². The minimum absolute atomic E-state index is 0.0302. The van der Waals surface area contributed by atoms with Crippen LogP contribution in [-0.2, 0) is 4.79 Å². The van der Waals surface area contributed by atoms with Crippen molar-refractivity contribution in [2.75, 3.05) is 19.7 Å². The van der Waals surface area contributed by atoms with Gasteiger partial charge in [-0.2, -0.15) is 0 Å². The number of amides is 1. The molecule has 1 atom stereocenters. The zero-order valence-electron chi connectivity index (χ0n) is 15.5. The molecule has 0 aliphatic carbocycles. The molecule has 8 heteroatoms. The van der Waals surface area contributed by atoms with Crippen LogP contribution < -0.4 is 14.2 Å². The Labute approximate surface area is 177 Å². The second-order valence-corrected chi connectivity index (χ2v) is 8.47. The number of aromatic nitrogens is 1. The smallest absolute Gasteiger partial charge is 0.274 e. The number of ether oxygens (including phenoxy) is 3. The molecular formula is C21H19ClN2O4S. The van der Waals surface area contributed by atoms with Crippen molar-refractivity contribution >= 4 is 39.1 Å². The highest BCUT2D eigenvalue weighted by Gasteiger charge is 2.33. The lowest BCUT2D eigenvalue weighted by molar-refractivity contribution is -0.143. The number of likely N-dealkylation sites (tertiary alicyclic amines) is 1. The molecule has 2 aromatic carbocycles. The first-order valence-electron chi connectivity index (χ1n) is 9.56. The van der Waals surface area contributed by atoms with Crippen LogP contribution in [0.2, 0.25) is 5.02 Å². The van der Waals surface area contributed by atoms with Gasteiger partial charge in [0, 0.05) is 25.9 Å². The van der Waals surface area contributed by atoms with Crippen LogP contribution in [0.15, 0.2) is 42.5 Å². The average Bonchev–Trinajstić information content (AvgIpc) is 3.17. The summed E-state index contributed by atoms with van der Waals surface area (Å²) in [6, 6.07) is 13.1. The highest BCUT2D eigenvalue weighted by molar-refractivity contribution is 7.20. The lowest BCUT2D eigenvalue weighted by atomic mass is 10.1. The highest BCUT2D eigenvalue weighted by atomic mass is 35.5. The predicted octanol–water partition coefficient (Wildman–Crippen LogP) is 4.16. The Morgan fingerprint density at radius 3 is 2.72 bits per heavy atom. The number of halogens is 1. The molecule has 3 heterocycles. The molecule has 150 valence electrons. The number of piperidine rings is 1. The van der Waals surface area contributed by atoms with E-state index in [2.05, 4.69) is 4.98 Å². The Kier molecular flexibility index (Phi) is 4.93. The number of para-hydroxylation sites is 3. The van der Waals surface area contributed by atoms with Gasteiger partial charge in [-0.05, 0) is 24.3 Å². The van der Waals surface area contributed by atoms with Crippen LogP contribution in [0.1, 0.15) is 12.8 Å². The number of benzene rings is 2. The van der Waals surface area contributed by atoms with Crippen LogP contribution in [0.4, 0.5) is 0 Å². The highest BCUT2D eigenvalue weighted by Crippen LogP contribution is 2.34. The van der Waals surface area contributed by atoms with Crippen molar-refractivity contribution < 1.29 is 19.0 Å². The summed E-state index contributed by atoms with van der Waals surface area (Å²) >= 11 is 7.69. The molecule has 1 unspecified atom stereocenters. The molecule has 2 aliphatic rings. The zero-order chi connectivity index (χ0) is 19.8. The summed E-state index contributed by atoms with van der Waals surface area (Å²) in [7, 11) is 0. The fraction of sp³-hybridized carbons (Fsp3) is 0.333. The maximum Gasteiger partial charge on any atom is 0.274 e. The Morgan fingerprint density at radius 2 is 1.93 bits per heavy atom. The Hall–Kier alpha value is -2.51. The molecule has 0 radical (unpaired) electrons. The third kappa shape index (κ3) is 3.72. The van der Waals surface area contributed by atoms with Gasteiger partial charge in [0.2, 0.25) is 6.10 Å². The van der Waals surface area contributed by atoms with Crippen molar-refractivity contribution in [2.45, 2.75) is 25.0 Å². The van der Waals surface area contributed by atoms with Gasteiger partial charge in [-0.1, -0.05) is 41.1 Å². The predicted molar refractivity (Wildman–Crippen MR) is 111 cm³/mol. The SMILES string of the molecule is O=C(C1COc2ccccc2O1)N1CCC(Oc2nc3c(Cl)cccc3s2)CC1. The van der Waals surface area contributed by atoms with Crippen molar-refractivity contribution in [3.05, 3.63) is 47.5 Å². The molecule has 1 amide bonds. The molecular weight excluding hydrogens is 412 g/mol. The number of nitrogens with zero attached hydrogens (tertiary/aromatic N) is 2. The van der Waals surface area contributed by atoms with Crippen LogP contribution in [0.25, 0.3) is 10.2 Å². The van der Waals surface area contributed by atoms with E-state index in [-0.39, 0.29) is 18.6 Å². The maximum atomic E-state index is 12.8. The Bertz CT molecular complexity index is 1050. The van der Waals surface area contributed by atoms with Gasteiger partial charge in [0.05, 0.1) is 9.72 Å². The number of thiazole rings is 1. The molecule has 3 aromatic rings. The van der Waals surface area contributed by atoms with E-state index in [4.69, 9.17) is 25.8 Å². The van der Waals surface area contributed by atoms with Gasteiger partial charge in [-0.3, -0.25) is 4.79 Å². The first kappa shape index (κ1) is 18.5. The molecule has 29 heavy (non-hydrogen) atoms. The third-order valence-electron chi connectivity index (χ3n) is 5.16. The lowest BCUT2D eigenvalue weighted by Gasteiger charge is -2.35. The number of hydrogen-bond donors (Lipinski definition) is 0. The van der Waals surface area contributed by atoms with E-state index >= 15 is 0 Å². The number of rotatable bonds is 3. The second kappa shape index (κ2) is 7.72. The quantitative estimate of drug-likeness (QED) is 0.624. The van der Waals surface area contributed by atoms with Gasteiger partial charge in [-0.15, -0.1) is 0 Å². The van der Waals surface area contributed by atoms with Crippen LogP contribution in [0.3, 0.4) is 0 Å². The van der Waals surface area contributed by atoms with Crippen molar-refractivity contribution in [3.63, 3.8) is 0 Å².